The molecule has 2 aromatic carbocycles. The Bertz CT molecular complexity index is 827. The molecule has 26 heavy (non-hydrogen) atoms. The maximum atomic E-state index is 12.1. The molecule has 8 heteroatoms. The van der Waals surface area contributed by atoms with Crippen LogP contribution in [-0.2, 0) is 9.59 Å². The Morgan fingerprint density at radius 3 is 2.46 bits per heavy atom. The molecule has 138 valence electrons. The predicted octanol–water partition coefficient (Wildman–Crippen LogP) is 4.86. The van der Waals surface area contributed by atoms with Crippen LogP contribution < -0.4 is 15.4 Å². The lowest BCUT2D eigenvalue weighted by atomic mass is 10.1. The standard InChI is InChI=1S/C18H17Cl3N2O3/c1-10(12-4-3-5-13(6-12)23-11(2)24)22-18(25)9-26-17-8-15(20)14(19)7-16(17)21/h3-8,10H,9H2,1-2H3,(H,22,25)(H,23,24). The molecule has 0 radical (unpaired) electrons. The summed E-state index contributed by atoms with van der Waals surface area (Å²) < 4.78 is 5.40. The number of hydrogen-bond acceptors (Lipinski definition) is 3. The smallest absolute Gasteiger partial charge is 0.258 e. The van der Waals surface area contributed by atoms with Crippen molar-refractivity contribution >= 4 is 52.3 Å². The zero-order valence-electron chi connectivity index (χ0n) is 14.1. The van der Waals surface area contributed by atoms with Crippen LogP contribution in [0.3, 0.4) is 0 Å². The van der Waals surface area contributed by atoms with E-state index >= 15 is 0 Å². The Morgan fingerprint density at radius 2 is 1.77 bits per heavy atom. The molecule has 5 nitrogen and oxygen atoms in total. The van der Waals surface area contributed by atoms with Gasteiger partial charge in [-0.2, -0.15) is 0 Å². The number of benzene rings is 2. The Morgan fingerprint density at radius 1 is 1.08 bits per heavy atom. The molecule has 0 fully saturated rings. The van der Waals surface area contributed by atoms with Gasteiger partial charge < -0.3 is 15.4 Å². The summed E-state index contributed by atoms with van der Waals surface area (Å²) in [5.74, 6) is -0.216. The summed E-state index contributed by atoms with van der Waals surface area (Å²) in [7, 11) is 0. The highest BCUT2D eigenvalue weighted by atomic mass is 35.5. The molecule has 2 rings (SSSR count). The SMILES string of the molecule is CC(=O)Nc1cccc(C(C)NC(=O)COc2cc(Cl)c(Cl)cc2Cl)c1. The van der Waals surface area contributed by atoms with E-state index < -0.39 is 0 Å². The monoisotopic (exact) mass is 414 g/mol. The maximum Gasteiger partial charge on any atom is 0.258 e. The van der Waals surface area contributed by atoms with Gasteiger partial charge in [0.05, 0.1) is 21.1 Å². The van der Waals surface area contributed by atoms with Crippen molar-refractivity contribution < 1.29 is 14.3 Å². The van der Waals surface area contributed by atoms with Gasteiger partial charge in [0.2, 0.25) is 5.91 Å². The first-order valence-electron chi connectivity index (χ1n) is 7.70. The van der Waals surface area contributed by atoms with Gasteiger partial charge in [0.25, 0.3) is 5.91 Å². The average molecular weight is 416 g/mol. The minimum absolute atomic E-state index is 0.161. The van der Waals surface area contributed by atoms with Crippen LogP contribution in [0.2, 0.25) is 15.1 Å². The van der Waals surface area contributed by atoms with Gasteiger partial charge in [0.15, 0.2) is 6.61 Å². The Labute approximate surface area is 166 Å². The average Bonchev–Trinajstić information content (AvgIpc) is 2.56. The Balaban J connectivity index is 1.95. The number of carbonyl (C=O) groups is 2. The number of amides is 2. The number of anilines is 1. The molecular formula is C18H17Cl3N2O3. The van der Waals surface area contributed by atoms with Crippen LogP contribution in [0, 0.1) is 0 Å². The molecule has 0 saturated heterocycles. The summed E-state index contributed by atoms with van der Waals surface area (Å²) in [6.45, 7) is 3.04. The summed E-state index contributed by atoms with van der Waals surface area (Å²) in [6, 6.07) is 9.86. The van der Waals surface area contributed by atoms with Gasteiger partial charge in [-0.25, -0.2) is 0 Å². The van der Waals surface area contributed by atoms with Crippen molar-refractivity contribution in [2.75, 3.05) is 11.9 Å². The number of hydrogen-bond donors (Lipinski definition) is 2. The second-order valence-electron chi connectivity index (χ2n) is 5.58. The summed E-state index contributed by atoms with van der Waals surface area (Å²) in [5, 5.41) is 6.38. The minimum Gasteiger partial charge on any atom is -0.482 e. The summed E-state index contributed by atoms with van der Waals surface area (Å²) in [6.07, 6.45) is 0. The summed E-state index contributed by atoms with van der Waals surface area (Å²) in [4.78, 5) is 23.3. The second-order valence-corrected chi connectivity index (χ2v) is 6.80. The highest BCUT2D eigenvalue weighted by molar-refractivity contribution is 6.43. The number of halogens is 3. The zero-order chi connectivity index (χ0) is 19.3. The van der Waals surface area contributed by atoms with Gasteiger partial charge in [-0.15, -0.1) is 0 Å². The van der Waals surface area contributed by atoms with Crippen LogP contribution in [-0.4, -0.2) is 18.4 Å². The van der Waals surface area contributed by atoms with Crippen molar-refractivity contribution in [2.24, 2.45) is 0 Å². The van der Waals surface area contributed by atoms with E-state index in [1.54, 1.807) is 18.2 Å². The largest absolute Gasteiger partial charge is 0.482 e. The van der Waals surface area contributed by atoms with E-state index in [4.69, 9.17) is 39.5 Å². The van der Waals surface area contributed by atoms with Crippen LogP contribution in [0.4, 0.5) is 5.69 Å². The van der Waals surface area contributed by atoms with E-state index in [2.05, 4.69) is 10.6 Å². The van der Waals surface area contributed by atoms with Crippen LogP contribution in [0.5, 0.6) is 5.75 Å². The Hall–Kier alpha value is -1.95. The van der Waals surface area contributed by atoms with E-state index in [-0.39, 0.29) is 40.3 Å². The van der Waals surface area contributed by atoms with E-state index in [0.717, 1.165) is 5.56 Å². The quantitative estimate of drug-likeness (QED) is 0.662. The molecule has 0 heterocycles. The van der Waals surface area contributed by atoms with Crippen molar-refractivity contribution in [3.05, 3.63) is 57.0 Å². The van der Waals surface area contributed by atoms with Crippen molar-refractivity contribution in [3.63, 3.8) is 0 Å². The third-order valence-electron chi connectivity index (χ3n) is 3.42. The Kier molecular flexibility index (Phi) is 7.14. The fourth-order valence-corrected chi connectivity index (χ4v) is 2.81. The molecule has 1 atom stereocenters. The van der Waals surface area contributed by atoms with Crippen LogP contribution in [0.1, 0.15) is 25.5 Å². The molecule has 1 unspecified atom stereocenters. The van der Waals surface area contributed by atoms with Gasteiger partial charge in [-0.3, -0.25) is 9.59 Å². The molecule has 0 saturated carbocycles. The molecule has 0 aliphatic heterocycles. The molecule has 0 bridgehead atoms. The number of carbonyl (C=O) groups excluding carboxylic acids is 2. The fraction of sp³-hybridized carbons (Fsp3) is 0.222. The van der Waals surface area contributed by atoms with E-state index in [0.29, 0.717) is 10.7 Å². The van der Waals surface area contributed by atoms with Crippen LogP contribution in [0.25, 0.3) is 0 Å². The number of ether oxygens (including phenoxy) is 1. The lowest BCUT2D eigenvalue weighted by Crippen LogP contribution is -2.31. The van der Waals surface area contributed by atoms with Gasteiger partial charge in [-0.05, 0) is 30.7 Å². The number of nitrogens with one attached hydrogen (secondary N) is 2. The number of rotatable bonds is 6. The normalized spacial score (nSPS) is 11.6. The van der Waals surface area contributed by atoms with Crippen molar-refractivity contribution in [1.29, 1.82) is 0 Å². The van der Waals surface area contributed by atoms with Crippen molar-refractivity contribution in [2.45, 2.75) is 19.9 Å². The lowest BCUT2D eigenvalue weighted by Gasteiger charge is -2.16. The molecule has 0 aromatic heterocycles. The van der Waals surface area contributed by atoms with Crippen molar-refractivity contribution in [1.82, 2.24) is 5.32 Å². The van der Waals surface area contributed by atoms with Gasteiger partial charge in [-0.1, -0.05) is 46.9 Å². The molecule has 0 aliphatic carbocycles. The first-order valence-corrected chi connectivity index (χ1v) is 8.84. The minimum atomic E-state index is -0.329. The fourth-order valence-electron chi connectivity index (χ4n) is 2.21. The first kappa shape index (κ1) is 20.4. The molecule has 2 amide bonds. The summed E-state index contributed by atoms with van der Waals surface area (Å²) in [5.41, 5.74) is 1.51. The second kappa shape index (κ2) is 9.12. The molecule has 0 spiro atoms. The highest BCUT2D eigenvalue weighted by Gasteiger charge is 2.13. The molecule has 2 aromatic rings. The topological polar surface area (TPSA) is 67.4 Å². The third kappa shape index (κ3) is 5.80. The summed E-state index contributed by atoms with van der Waals surface area (Å²) >= 11 is 17.8. The lowest BCUT2D eigenvalue weighted by molar-refractivity contribution is -0.123. The predicted molar refractivity (Wildman–Crippen MR) is 104 cm³/mol. The van der Waals surface area contributed by atoms with Gasteiger partial charge in [0, 0.05) is 18.7 Å². The van der Waals surface area contributed by atoms with Gasteiger partial charge in [0.1, 0.15) is 5.75 Å². The zero-order valence-corrected chi connectivity index (χ0v) is 16.4. The first-order chi connectivity index (χ1) is 12.3. The highest BCUT2D eigenvalue weighted by Crippen LogP contribution is 2.33. The van der Waals surface area contributed by atoms with E-state index in [1.165, 1.54) is 19.1 Å². The molecule has 0 aliphatic rings. The molecule has 2 N–H and O–H groups in total. The van der Waals surface area contributed by atoms with Crippen LogP contribution >= 0.6 is 34.8 Å². The van der Waals surface area contributed by atoms with E-state index in [1.807, 2.05) is 13.0 Å². The van der Waals surface area contributed by atoms with E-state index in [9.17, 15) is 9.59 Å². The molecular weight excluding hydrogens is 399 g/mol. The van der Waals surface area contributed by atoms with Gasteiger partial charge >= 0.3 is 0 Å². The third-order valence-corrected chi connectivity index (χ3v) is 4.44. The van der Waals surface area contributed by atoms with Crippen LogP contribution in [0.15, 0.2) is 36.4 Å². The maximum absolute atomic E-state index is 12.1. The van der Waals surface area contributed by atoms with Crippen molar-refractivity contribution in [3.8, 4) is 5.75 Å².